The summed E-state index contributed by atoms with van der Waals surface area (Å²) in [6, 6.07) is 0.767. The topological polar surface area (TPSA) is 12.0 Å². The van der Waals surface area contributed by atoms with Gasteiger partial charge in [-0.3, -0.25) is 0 Å². The van der Waals surface area contributed by atoms with Crippen molar-refractivity contribution in [2.45, 2.75) is 91.5 Å². The van der Waals surface area contributed by atoms with Crippen LogP contribution in [-0.4, -0.2) is 12.6 Å². The van der Waals surface area contributed by atoms with E-state index >= 15 is 0 Å². The van der Waals surface area contributed by atoms with Crippen molar-refractivity contribution in [1.29, 1.82) is 0 Å². The Labute approximate surface area is 110 Å². The maximum absolute atomic E-state index is 3.71. The van der Waals surface area contributed by atoms with Gasteiger partial charge in [0.15, 0.2) is 0 Å². The predicted molar refractivity (Wildman–Crippen MR) is 79.5 cm³/mol. The van der Waals surface area contributed by atoms with Crippen LogP contribution in [0.3, 0.4) is 0 Å². The van der Waals surface area contributed by atoms with Gasteiger partial charge in [-0.25, -0.2) is 0 Å². The minimum absolute atomic E-state index is 0.767. The van der Waals surface area contributed by atoms with E-state index in [0.29, 0.717) is 0 Å². The zero-order valence-electron chi connectivity index (χ0n) is 12.7. The number of nitrogens with one attached hydrogen (secondary N) is 1. The van der Waals surface area contributed by atoms with Crippen LogP contribution in [0.5, 0.6) is 0 Å². The van der Waals surface area contributed by atoms with E-state index < -0.39 is 0 Å². The molecule has 0 spiro atoms. The fraction of sp³-hybridized carbons (Fsp3) is 1.00. The van der Waals surface area contributed by atoms with Crippen LogP contribution in [0.4, 0.5) is 0 Å². The summed E-state index contributed by atoms with van der Waals surface area (Å²) in [5, 5.41) is 3.71. The molecular weight excluding hydrogens is 206 g/mol. The molecule has 0 rings (SSSR count). The first-order valence-electron chi connectivity index (χ1n) is 7.97. The van der Waals surface area contributed by atoms with Gasteiger partial charge in [-0.05, 0) is 31.7 Å². The smallest absolute Gasteiger partial charge is 0.00644 e. The summed E-state index contributed by atoms with van der Waals surface area (Å²) in [5.41, 5.74) is 0. The molecule has 0 amide bonds. The van der Waals surface area contributed by atoms with Gasteiger partial charge < -0.3 is 5.32 Å². The van der Waals surface area contributed by atoms with E-state index in [9.17, 15) is 0 Å². The summed E-state index contributed by atoms with van der Waals surface area (Å²) >= 11 is 0. The van der Waals surface area contributed by atoms with E-state index in [2.05, 4.69) is 33.0 Å². The molecule has 0 aromatic rings. The van der Waals surface area contributed by atoms with Gasteiger partial charge in [0, 0.05) is 6.04 Å². The largest absolute Gasteiger partial charge is 0.314 e. The van der Waals surface area contributed by atoms with E-state index in [1.807, 2.05) is 0 Å². The van der Waals surface area contributed by atoms with Crippen molar-refractivity contribution in [3.63, 3.8) is 0 Å². The summed E-state index contributed by atoms with van der Waals surface area (Å²) in [5.74, 6) is 0.924. The molecule has 2 unspecified atom stereocenters. The SMILES string of the molecule is CCCCCNC(CC)CCCCC(C)CC. The Hall–Kier alpha value is -0.0400. The van der Waals surface area contributed by atoms with Crippen LogP contribution in [0, 0.1) is 5.92 Å². The minimum Gasteiger partial charge on any atom is -0.314 e. The molecule has 0 saturated heterocycles. The average Bonchev–Trinajstić information content (AvgIpc) is 2.36. The number of rotatable bonds is 12. The summed E-state index contributed by atoms with van der Waals surface area (Å²) < 4.78 is 0. The molecule has 0 aromatic carbocycles. The van der Waals surface area contributed by atoms with Crippen LogP contribution >= 0.6 is 0 Å². The Bertz CT molecular complexity index is 144. The molecule has 1 N–H and O–H groups in total. The Balaban J connectivity index is 3.41. The van der Waals surface area contributed by atoms with Crippen molar-refractivity contribution >= 4 is 0 Å². The second-order valence-corrected chi connectivity index (χ2v) is 5.56. The normalized spacial score (nSPS) is 14.8. The first-order chi connectivity index (χ1) is 8.24. The highest BCUT2D eigenvalue weighted by molar-refractivity contribution is 4.65. The van der Waals surface area contributed by atoms with Gasteiger partial charge in [0.25, 0.3) is 0 Å². The van der Waals surface area contributed by atoms with Crippen LogP contribution in [0.15, 0.2) is 0 Å². The highest BCUT2D eigenvalue weighted by Crippen LogP contribution is 2.14. The molecule has 104 valence electrons. The molecule has 0 bridgehead atoms. The Kier molecular flexibility index (Phi) is 12.4. The summed E-state index contributed by atoms with van der Waals surface area (Å²) in [6.07, 6.45) is 12.3. The first kappa shape index (κ1) is 17.0. The van der Waals surface area contributed by atoms with E-state index in [4.69, 9.17) is 0 Å². The van der Waals surface area contributed by atoms with Crippen LogP contribution < -0.4 is 5.32 Å². The van der Waals surface area contributed by atoms with Crippen molar-refractivity contribution in [1.82, 2.24) is 5.32 Å². The van der Waals surface area contributed by atoms with E-state index in [1.54, 1.807) is 0 Å². The molecule has 0 aliphatic heterocycles. The number of hydrogen-bond acceptors (Lipinski definition) is 1. The minimum atomic E-state index is 0.767. The highest BCUT2D eigenvalue weighted by atomic mass is 14.9. The van der Waals surface area contributed by atoms with Gasteiger partial charge >= 0.3 is 0 Å². The zero-order valence-corrected chi connectivity index (χ0v) is 12.7. The van der Waals surface area contributed by atoms with Crippen molar-refractivity contribution in [3.05, 3.63) is 0 Å². The summed E-state index contributed by atoms with van der Waals surface area (Å²) in [6.45, 7) is 10.5. The van der Waals surface area contributed by atoms with Crippen LogP contribution in [0.2, 0.25) is 0 Å². The molecular formula is C16H35N. The molecule has 0 aliphatic carbocycles. The van der Waals surface area contributed by atoms with Crippen LogP contribution in [-0.2, 0) is 0 Å². The standard InChI is InChI=1S/C16H35N/c1-5-8-11-14-17-16(7-3)13-10-9-12-15(4)6-2/h15-17H,5-14H2,1-4H3. The van der Waals surface area contributed by atoms with E-state index in [-0.39, 0.29) is 0 Å². The van der Waals surface area contributed by atoms with Gasteiger partial charge in [0.1, 0.15) is 0 Å². The van der Waals surface area contributed by atoms with Crippen molar-refractivity contribution in [2.24, 2.45) is 5.92 Å². The second kappa shape index (κ2) is 12.4. The van der Waals surface area contributed by atoms with Gasteiger partial charge in [0.2, 0.25) is 0 Å². The summed E-state index contributed by atoms with van der Waals surface area (Å²) in [7, 11) is 0. The number of hydrogen-bond donors (Lipinski definition) is 1. The van der Waals surface area contributed by atoms with E-state index in [0.717, 1.165) is 12.0 Å². The fourth-order valence-corrected chi connectivity index (χ4v) is 2.22. The van der Waals surface area contributed by atoms with Crippen LogP contribution in [0.1, 0.15) is 85.5 Å². The van der Waals surface area contributed by atoms with Crippen molar-refractivity contribution in [2.75, 3.05) is 6.54 Å². The third kappa shape index (κ3) is 10.8. The molecule has 0 fully saturated rings. The molecule has 0 aliphatic rings. The second-order valence-electron chi connectivity index (χ2n) is 5.56. The molecule has 17 heavy (non-hydrogen) atoms. The molecule has 0 heterocycles. The van der Waals surface area contributed by atoms with Gasteiger partial charge in [-0.2, -0.15) is 0 Å². The van der Waals surface area contributed by atoms with Crippen molar-refractivity contribution < 1.29 is 0 Å². The van der Waals surface area contributed by atoms with Crippen molar-refractivity contribution in [3.8, 4) is 0 Å². The summed E-state index contributed by atoms with van der Waals surface area (Å²) in [4.78, 5) is 0. The Morgan fingerprint density at radius 2 is 1.53 bits per heavy atom. The molecule has 1 nitrogen and oxygen atoms in total. The molecule has 0 aromatic heterocycles. The molecule has 0 radical (unpaired) electrons. The lowest BCUT2D eigenvalue weighted by atomic mass is 9.99. The first-order valence-corrected chi connectivity index (χ1v) is 7.97. The van der Waals surface area contributed by atoms with Gasteiger partial charge in [-0.1, -0.05) is 66.2 Å². The maximum atomic E-state index is 3.71. The quantitative estimate of drug-likeness (QED) is 0.466. The third-order valence-corrected chi connectivity index (χ3v) is 3.90. The lowest BCUT2D eigenvalue weighted by Crippen LogP contribution is -2.29. The zero-order chi connectivity index (χ0) is 12.9. The van der Waals surface area contributed by atoms with Gasteiger partial charge in [-0.15, -0.1) is 0 Å². The van der Waals surface area contributed by atoms with E-state index in [1.165, 1.54) is 64.3 Å². The average molecular weight is 241 g/mol. The molecule has 0 saturated carbocycles. The Morgan fingerprint density at radius 1 is 0.824 bits per heavy atom. The van der Waals surface area contributed by atoms with Gasteiger partial charge in [0.05, 0.1) is 0 Å². The lowest BCUT2D eigenvalue weighted by Gasteiger charge is -2.17. The number of unbranched alkanes of at least 4 members (excludes halogenated alkanes) is 3. The lowest BCUT2D eigenvalue weighted by molar-refractivity contribution is 0.417. The molecule has 1 heteroatoms. The van der Waals surface area contributed by atoms with Crippen LogP contribution in [0.25, 0.3) is 0 Å². The highest BCUT2D eigenvalue weighted by Gasteiger charge is 2.05. The Morgan fingerprint density at radius 3 is 2.12 bits per heavy atom. The maximum Gasteiger partial charge on any atom is 0.00644 e. The monoisotopic (exact) mass is 241 g/mol. The third-order valence-electron chi connectivity index (χ3n) is 3.90. The predicted octanol–water partition coefficient (Wildman–Crippen LogP) is 5.15. The fourth-order valence-electron chi connectivity index (χ4n) is 2.22. The molecule has 2 atom stereocenters.